The van der Waals surface area contributed by atoms with Crippen molar-refractivity contribution in [2.75, 3.05) is 43.1 Å². The van der Waals surface area contributed by atoms with Gasteiger partial charge in [-0.25, -0.2) is 21.9 Å². The lowest BCUT2D eigenvalue weighted by atomic mass is 10.2. The van der Waals surface area contributed by atoms with E-state index in [1.165, 1.54) is 0 Å². The molecule has 1 saturated heterocycles. The first kappa shape index (κ1) is 21.2. The lowest BCUT2D eigenvalue weighted by Gasteiger charge is -2.28. The topological polar surface area (TPSA) is 87.7 Å². The molecule has 1 heterocycles. The third-order valence-electron chi connectivity index (χ3n) is 4.37. The molecule has 0 radical (unpaired) electrons. The van der Waals surface area contributed by atoms with Gasteiger partial charge >= 0.3 is 0 Å². The summed E-state index contributed by atoms with van der Waals surface area (Å²) in [7, 11) is -4.04. The highest BCUT2D eigenvalue weighted by atomic mass is 32.2. The van der Waals surface area contributed by atoms with Crippen molar-refractivity contribution < 1.29 is 26.7 Å². The second-order valence-electron chi connectivity index (χ2n) is 6.42. The zero-order valence-corrected chi connectivity index (χ0v) is 16.3. The van der Waals surface area contributed by atoms with Crippen LogP contribution in [0.5, 0.6) is 0 Å². The predicted octanol–water partition coefficient (Wildman–Crippen LogP) is 2.11. The molecule has 1 aliphatic rings. The highest BCUT2D eigenvalue weighted by Gasteiger charge is 2.17. The van der Waals surface area contributed by atoms with Gasteiger partial charge in [0.2, 0.25) is 15.9 Å². The first-order valence-electron chi connectivity index (χ1n) is 9.02. The number of sulfonamides is 1. The number of benzene rings is 2. The highest BCUT2D eigenvalue weighted by molar-refractivity contribution is 7.89. The Hall–Kier alpha value is -2.56. The first-order chi connectivity index (χ1) is 13.8. The molecule has 0 unspecified atom stereocenters. The zero-order valence-electron chi connectivity index (χ0n) is 15.5. The Morgan fingerprint density at radius 3 is 2.38 bits per heavy atom. The number of nitrogens with zero attached hydrogens (tertiary/aromatic N) is 1. The van der Waals surface area contributed by atoms with Gasteiger partial charge in [-0.05, 0) is 42.5 Å². The van der Waals surface area contributed by atoms with Crippen molar-refractivity contribution in [3.63, 3.8) is 0 Å². The third-order valence-corrected chi connectivity index (χ3v) is 5.83. The lowest BCUT2D eigenvalue weighted by molar-refractivity contribution is -0.116. The van der Waals surface area contributed by atoms with Crippen LogP contribution >= 0.6 is 0 Å². The van der Waals surface area contributed by atoms with E-state index in [4.69, 9.17) is 4.74 Å². The number of ether oxygens (including phenoxy) is 1. The molecule has 0 aromatic heterocycles. The van der Waals surface area contributed by atoms with Crippen molar-refractivity contribution in [3.8, 4) is 0 Å². The molecule has 156 valence electrons. The number of hydrogen-bond donors (Lipinski definition) is 2. The predicted molar refractivity (Wildman–Crippen MR) is 104 cm³/mol. The van der Waals surface area contributed by atoms with Crippen LogP contribution in [-0.2, 0) is 19.6 Å². The lowest BCUT2D eigenvalue weighted by Crippen LogP contribution is -2.36. The van der Waals surface area contributed by atoms with Crippen LogP contribution in [-0.4, -0.2) is 47.2 Å². The summed E-state index contributed by atoms with van der Waals surface area (Å²) in [5.74, 6) is -2.77. The van der Waals surface area contributed by atoms with Crippen molar-refractivity contribution in [3.05, 3.63) is 54.1 Å². The number of rotatable bonds is 7. The highest BCUT2D eigenvalue weighted by Crippen LogP contribution is 2.19. The van der Waals surface area contributed by atoms with E-state index in [1.54, 1.807) is 12.1 Å². The number of carbonyl (C=O) groups is 1. The molecule has 0 aliphatic carbocycles. The van der Waals surface area contributed by atoms with Gasteiger partial charge in [0.1, 0.15) is 0 Å². The van der Waals surface area contributed by atoms with Gasteiger partial charge in [0, 0.05) is 37.4 Å². The number of anilines is 2. The van der Waals surface area contributed by atoms with Gasteiger partial charge in [-0.2, -0.15) is 0 Å². The van der Waals surface area contributed by atoms with E-state index in [9.17, 15) is 22.0 Å². The Balaban J connectivity index is 1.48. The quantitative estimate of drug-likeness (QED) is 0.710. The van der Waals surface area contributed by atoms with E-state index >= 15 is 0 Å². The largest absolute Gasteiger partial charge is 0.378 e. The summed E-state index contributed by atoms with van der Waals surface area (Å²) in [5.41, 5.74) is 1.63. The third kappa shape index (κ3) is 5.72. The van der Waals surface area contributed by atoms with Gasteiger partial charge in [-0.1, -0.05) is 0 Å². The second-order valence-corrected chi connectivity index (χ2v) is 8.19. The summed E-state index contributed by atoms with van der Waals surface area (Å²) in [6.07, 6.45) is -0.117. The maximum atomic E-state index is 13.2. The average Bonchev–Trinajstić information content (AvgIpc) is 2.71. The van der Waals surface area contributed by atoms with Crippen molar-refractivity contribution in [2.24, 2.45) is 0 Å². The number of halogens is 2. The number of nitrogens with one attached hydrogen (secondary N) is 2. The molecule has 7 nitrogen and oxygen atoms in total. The van der Waals surface area contributed by atoms with E-state index in [1.807, 2.05) is 12.1 Å². The molecule has 0 saturated carbocycles. The molecule has 0 atom stereocenters. The number of morpholine rings is 1. The van der Waals surface area contributed by atoms with Gasteiger partial charge in [0.15, 0.2) is 11.6 Å². The zero-order chi connectivity index (χ0) is 20.9. The fourth-order valence-corrected chi connectivity index (χ4v) is 3.87. The summed E-state index contributed by atoms with van der Waals surface area (Å²) < 4.78 is 57.8. The molecule has 1 amide bonds. The van der Waals surface area contributed by atoms with Crippen molar-refractivity contribution in [1.82, 2.24) is 4.72 Å². The van der Waals surface area contributed by atoms with Gasteiger partial charge in [-0.15, -0.1) is 0 Å². The summed E-state index contributed by atoms with van der Waals surface area (Å²) >= 11 is 0. The molecule has 10 heteroatoms. The first-order valence-corrected chi connectivity index (χ1v) is 10.5. The number of amides is 1. The minimum Gasteiger partial charge on any atom is -0.378 e. The summed E-state index contributed by atoms with van der Waals surface area (Å²) in [4.78, 5) is 13.8. The van der Waals surface area contributed by atoms with Gasteiger partial charge in [0.25, 0.3) is 0 Å². The minimum absolute atomic E-state index is 0.117. The maximum Gasteiger partial charge on any atom is 0.240 e. The standard InChI is InChI=1S/C19H21F2N3O4S/c20-17-6-5-16(13-18(17)21)29(26,27)22-8-7-19(25)23-14-1-3-15(4-2-14)24-9-11-28-12-10-24/h1-6,13,22H,7-12H2,(H,23,25). The normalized spacial score (nSPS) is 14.6. The van der Waals surface area contributed by atoms with Crippen LogP contribution in [0, 0.1) is 11.6 Å². The molecular formula is C19H21F2N3O4S. The molecule has 1 fully saturated rings. The van der Waals surface area contributed by atoms with E-state index in [0.717, 1.165) is 30.9 Å². The summed E-state index contributed by atoms with van der Waals surface area (Å²) in [5, 5.41) is 2.69. The Kier molecular flexibility index (Phi) is 6.78. The Morgan fingerprint density at radius 1 is 1.03 bits per heavy atom. The van der Waals surface area contributed by atoms with Crippen molar-refractivity contribution in [2.45, 2.75) is 11.3 Å². The van der Waals surface area contributed by atoms with Crippen LogP contribution in [0.3, 0.4) is 0 Å². The Morgan fingerprint density at radius 2 is 1.72 bits per heavy atom. The molecule has 3 rings (SSSR count). The molecule has 2 aromatic carbocycles. The maximum absolute atomic E-state index is 13.2. The van der Waals surface area contributed by atoms with Crippen LogP contribution in [0.15, 0.2) is 47.4 Å². The van der Waals surface area contributed by atoms with E-state index in [0.29, 0.717) is 25.0 Å². The van der Waals surface area contributed by atoms with Crippen LogP contribution < -0.4 is 14.9 Å². The van der Waals surface area contributed by atoms with E-state index in [2.05, 4.69) is 14.9 Å². The van der Waals surface area contributed by atoms with Crippen LogP contribution in [0.2, 0.25) is 0 Å². The average molecular weight is 425 g/mol. The van der Waals surface area contributed by atoms with Gasteiger partial charge < -0.3 is 15.0 Å². The molecule has 2 N–H and O–H groups in total. The smallest absolute Gasteiger partial charge is 0.240 e. The fourth-order valence-electron chi connectivity index (χ4n) is 2.83. The van der Waals surface area contributed by atoms with Crippen LogP contribution in [0.1, 0.15) is 6.42 Å². The van der Waals surface area contributed by atoms with Crippen molar-refractivity contribution in [1.29, 1.82) is 0 Å². The molecule has 0 spiro atoms. The fraction of sp³-hybridized carbons (Fsp3) is 0.316. The molecule has 0 bridgehead atoms. The molecular weight excluding hydrogens is 404 g/mol. The van der Waals surface area contributed by atoms with Crippen LogP contribution in [0.25, 0.3) is 0 Å². The monoisotopic (exact) mass is 425 g/mol. The van der Waals surface area contributed by atoms with E-state index in [-0.39, 0.29) is 18.9 Å². The summed E-state index contributed by atoms with van der Waals surface area (Å²) in [6, 6.07) is 9.61. The number of hydrogen-bond acceptors (Lipinski definition) is 5. The van der Waals surface area contributed by atoms with Crippen molar-refractivity contribution >= 4 is 27.3 Å². The van der Waals surface area contributed by atoms with Gasteiger partial charge in [-0.3, -0.25) is 4.79 Å². The molecule has 29 heavy (non-hydrogen) atoms. The Labute approximate surface area is 167 Å². The molecule has 2 aromatic rings. The SMILES string of the molecule is O=C(CCNS(=O)(=O)c1ccc(F)c(F)c1)Nc1ccc(N2CCOCC2)cc1. The summed E-state index contributed by atoms with van der Waals surface area (Å²) in [6.45, 7) is 2.80. The Bertz CT molecular complexity index is 962. The number of carbonyl (C=O) groups excluding carboxylic acids is 1. The van der Waals surface area contributed by atoms with Crippen LogP contribution in [0.4, 0.5) is 20.2 Å². The van der Waals surface area contributed by atoms with Gasteiger partial charge in [0.05, 0.1) is 18.1 Å². The minimum atomic E-state index is -4.04. The second kappa shape index (κ2) is 9.29. The van der Waals surface area contributed by atoms with E-state index < -0.39 is 26.6 Å². The molecule has 1 aliphatic heterocycles.